The lowest BCUT2D eigenvalue weighted by Gasteiger charge is -2.42. The SMILES string of the molecule is Cc1ccc(C2CN(c3ccc(Cl)c(C(=O)NC(CNC(=O)NC4CCc5ccccc54)C(=O)O)c3Cl)C2)cc1. The van der Waals surface area contributed by atoms with E-state index in [1.165, 1.54) is 16.7 Å². The third-order valence-corrected chi connectivity index (χ3v) is 8.27. The van der Waals surface area contributed by atoms with Gasteiger partial charge in [-0.3, -0.25) is 4.79 Å². The van der Waals surface area contributed by atoms with E-state index >= 15 is 0 Å². The molecule has 5 rings (SSSR count). The van der Waals surface area contributed by atoms with Gasteiger partial charge in [0.25, 0.3) is 5.91 Å². The zero-order chi connectivity index (χ0) is 28.4. The molecule has 40 heavy (non-hydrogen) atoms. The number of halogens is 2. The molecule has 1 aliphatic heterocycles. The summed E-state index contributed by atoms with van der Waals surface area (Å²) in [6.45, 7) is 3.19. The summed E-state index contributed by atoms with van der Waals surface area (Å²) in [6, 6.07) is 17.6. The molecule has 1 fully saturated rings. The number of carboxylic acids is 1. The number of urea groups is 1. The Morgan fingerprint density at radius 3 is 2.48 bits per heavy atom. The number of carbonyl (C=O) groups is 3. The molecule has 0 spiro atoms. The zero-order valence-corrected chi connectivity index (χ0v) is 23.4. The van der Waals surface area contributed by atoms with Crippen LogP contribution in [0.15, 0.2) is 60.7 Å². The first-order valence-corrected chi connectivity index (χ1v) is 13.9. The Morgan fingerprint density at radius 2 is 1.75 bits per heavy atom. The van der Waals surface area contributed by atoms with Crippen LogP contribution in [0.1, 0.15) is 51.0 Å². The van der Waals surface area contributed by atoms with Gasteiger partial charge in [0.1, 0.15) is 6.04 Å². The number of amides is 3. The molecule has 0 aromatic heterocycles. The van der Waals surface area contributed by atoms with Gasteiger partial charge in [0.2, 0.25) is 0 Å². The summed E-state index contributed by atoms with van der Waals surface area (Å²) in [5.74, 6) is -1.69. The second-order valence-electron chi connectivity index (χ2n) is 10.3. The number of nitrogens with one attached hydrogen (secondary N) is 3. The topological polar surface area (TPSA) is 111 Å². The summed E-state index contributed by atoms with van der Waals surface area (Å²) in [5, 5.41) is 17.9. The predicted molar refractivity (Wildman–Crippen MR) is 156 cm³/mol. The van der Waals surface area contributed by atoms with E-state index in [4.69, 9.17) is 23.2 Å². The van der Waals surface area contributed by atoms with E-state index in [1.54, 1.807) is 12.1 Å². The van der Waals surface area contributed by atoms with Crippen LogP contribution >= 0.6 is 23.2 Å². The van der Waals surface area contributed by atoms with E-state index in [0.29, 0.717) is 11.6 Å². The fourth-order valence-corrected chi connectivity index (χ4v) is 5.92. The smallest absolute Gasteiger partial charge is 0.328 e. The lowest BCUT2D eigenvalue weighted by Crippen LogP contribution is -2.50. The van der Waals surface area contributed by atoms with Crippen LogP contribution in [-0.2, 0) is 11.2 Å². The molecule has 2 aliphatic rings. The van der Waals surface area contributed by atoms with Crippen molar-refractivity contribution in [3.63, 3.8) is 0 Å². The van der Waals surface area contributed by atoms with Crippen molar-refractivity contribution in [3.05, 3.63) is 98.5 Å². The van der Waals surface area contributed by atoms with Crippen molar-refractivity contribution in [3.8, 4) is 0 Å². The highest BCUT2D eigenvalue weighted by atomic mass is 35.5. The van der Waals surface area contributed by atoms with Gasteiger partial charge in [0.05, 0.1) is 33.9 Å². The maximum atomic E-state index is 13.2. The number of aliphatic carboxylic acids is 1. The van der Waals surface area contributed by atoms with Crippen LogP contribution in [-0.4, -0.2) is 48.7 Å². The van der Waals surface area contributed by atoms with Crippen molar-refractivity contribution in [2.45, 2.75) is 37.8 Å². The molecule has 1 saturated heterocycles. The highest BCUT2D eigenvalue weighted by molar-refractivity contribution is 6.41. The third kappa shape index (κ3) is 5.88. The molecule has 10 heteroatoms. The lowest BCUT2D eigenvalue weighted by atomic mass is 9.90. The van der Waals surface area contributed by atoms with E-state index in [0.717, 1.165) is 31.5 Å². The molecule has 3 amide bonds. The van der Waals surface area contributed by atoms with E-state index in [1.807, 2.05) is 31.2 Å². The number of hydrogen-bond donors (Lipinski definition) is 4. The fourth-order valence-electron chi connectivity index (χ4n) is 5.26. The van der Waals surface area contributed by atoms with Crippen molar-refractivity contribution in [1.82, 2.24) is 16.0 Å². The minimum absolute atomic E-state index is 0.00196. The largest absolute Gasteiger partial charge is 0.480 e. The van der Waals surface area contributed by atoms with E-state index in [2.05, 4.69) is 45.1 Å². The standard InChI is InChI=1S/C30H30Cl2N4O4/c1-17-6-8-18(9-7-17)20-15-36(16-20)25-13-11-22(31)26(27(25)32)28(37)34-24(29(38)39)14-33-30(40)35-23-12-10-19-4-2-3-5-21(19)23/h2-9,11,13,20,23-24H,10,12,14-16H2,1H3,(H,34,37)(H,38,39)(H2,33,35,40). The Hall–Kier alpha value is -3.75. The monoisotopic (exact) mass is 580 g/mol. The van der Waals surface area contributed by atoms with Gasteiger partial charge in [0.15, 0.2) is 0 Å². The second kappa shape index (κ2) is 11.8. The van der Waals surface area contributed by atoms with Crippen LogP contribution in [0, 0.1) is 6.92 Å². The summed E-state index contributed by atoms with van der Waals surface area (Å²) >= 11 is 13.0. The van der Waals surface area contributed by atoms with Crippen LogP contribution in [0.2, 0.25) is 10.0 Å². The van der Waals surface area contributed by atoms with Crippen LogP contribution in [0.25, 0.3) is 0 Å². The Balaban J connectivity index is 1.20. The number of anilines is 1. The molecular weight excluding hydrogens is 551 g/mol. The van der Waals surface area contributed by atoms with Gasteiger partial charge in [-0.2, -0.15) is 0 Å². The Bertz CT molecular complexity index is 1440. The van der Waals surface area contributed by atoms with Gasteiger partial charge in [-0.15, -0.1) is 0 Å². The summed E-state index contributed by atoms with van der Waals surface area (Å²) in [5.41, 5.74) is 5.33. The van der Waals surface area contributed by atoms with Crippen molar-refractivity contribution in [2.24, 2.45) is 0 Å². The van der Waals surface area contributed by atoms with Crippen molar-refractivity contribution < 1.29 is 19.5 Å². The predicted octanol–water partition coefficient (Wildman–Crippen LogP) is 5.08. The third-order valence-electron chi connectivity index (χ3n) is 7.58. The van der Waals surface area contributed by atoms with Crippen LogP contribution < -0.4 is 20.9 Å². The molecule has 1 heterocycles. The molecule has 208 valence electrons. The maximum Gasteiger partial charge on any atom is 0.328 e. The molecular formula is C30H30Cl2N4O4. The Morgan fingerprint density at radius 1 is 1.02 bits per heavy atom. The lowest BCUT2D eigenvalue weighted by molar-refractivity contribution is -0.139. The number of aryl methyl sites for hydroxylation is 2. The number of benzene rings is 3. The number of carbonyl (C=O) groups excluding carboxylic acids is 2. The van der Waals surface area contributed by atoms with Crippen LogP contribution in [0.3, 0.4) is 0 Å². The number of hydrogen-bond acceptors (Lipinski definition) is 4. The molecule has 0 bridgehead atoms. The molecule has 2 unspecified atom stereocenters. The first-order valence-electron chi connectivity index (χ1n) is 13.2. The second-order valence-corrected chi connectivity index (χ2v) is 11.1. The number of fused-ring (bicyclic) bond motifs is 1. The first-order chi connectivity index (χ1) is 19.2. The minimum Gasteiger partial charge on any atom is -0.480 e. The minimum atomic E-state index is -1.39. The molecule has 0 radical (unpaired) electrons. The number of carboxylic acid groups (broad SMARTS) is 1. The highest BCUT2D eigenvalue weighted by Gasteiger charge is 2.32. The van der Waals surface area contributed by atoms with Crippen LogP contribution in [0.4, 0.5) is 10.5 Å². The average Bonchev–Trinajstić information content (AvgIpc) is 3.30. The maximum absolute atomic E-state index is 13.2. The van der Waals surface area contributed by atoms with Gasteiger partial charge in [0, 0.05) is 19.0 Å². The summed E-state index contributed by atoms with van der Waals surface area (Å²) in [6.07, 6.45) is 1.63. The molecule has 2 atom stereocenters. The van der Waals surface area contributed by atoms with Crippen molar-refractivity contribution >= 4 is 46.8 Å². The first kappa shape index (κ1) is 27.8. The summed E-state index contributed by atoms with van der Waals surface area (Å²) < 4.78 is 0. The number of rotatable bonds is 8. The van der Waals surface area contributed by atoms with E-state index in [-0.39, 0.29) is 28.2 Å². The highest BCUT2D eigenvalue weighted by Crippen LogP contribution is 2.39. The van der Waals surface area contributed by atoms with E-state index < -0.39 is 23.9 Å². The van der Waals surface area contributed by atoms with Gasteiger partial charge in [-0.1, -0.05) is 77.3 Å². The molecule has 0 saturated carbocycles. The van der Waals surface area contributed by atoms with Gasteiger partial charge in [-0.25, -0.2) is 9.59 Å². The Labute approximate surface area is 242 Å². The van der Waals surface area contributed by atoms with Gasteiger partial charge >= 0.3 is 12.0 Å². The molecule has 1 aliphatic carbocycles. The zero-order valence-electron chi connectivity index (χ0n) is 21.9. The van der Waals surface area contributed by atoms with Crippen LogP contribution in [0.5, 0.6) is 0 Å². The average molecular weight is 582 g/mol. The normalized spacial score (nSPS) is 17.0. The summed E-state index contributed by atoms with van der Waals surface area (Å²) in [7, 11) is 0. The van der Waals surface area contributed by atoms with Crippen molar-refractivity contribution in [2.75, 3.05) is 24.5 Å². The summed E-state index contributed by atoms with van der Waals surface area (Å²) in [4.78, 5) is 39.7. The quantitative estimate of drug-likeness (QED) is 0.297. The molecule has 3 aromatic rings. The van der Waals surface area contributed by atoms with E-state index in [9.17, 15) is 19.5 Å². The fraction of sp³-hybridized carbons (Fsp3) is 0.300. The number of nitrogens with zero attached hydrogens (tertiary/aromatic N) is 1. The van der Waals surface area contributed by atoms with Gasteiger partial charge < -0.3 is 26.0 Å². The molecule has 4 N–H and O–H groups in total. The molecule has 3 aromatic carbocycles. The molecule has 8 nitrogen and oxygen atoms in total. The van der Waals surface area contributed by atoms with Gasteiger partial charge in [-0.05, 0) is 48.6 Å². The Kier molecular flexibility index (Phi) is 8.19. The van der Waals surface area contributed by atoms with Crippen molar-refractivity contribution in [1.29, 1.82) is 0 Å².